The molecular weight excluding hydrogens is 1280 g/mol. The summed E-state index contributed by atoms with van der Waals surface area (Å²) < 4.78 is 64.9. The number of benzene rings is 2. The van der Waals surface area contributed by atoms with Crippen LogP contribution in [0.5, 0.6) is 0 Å². The standard InChI is InChI=1S/C66H96N2O29/c1-37-49(21-66(86)60(96-61(84)41-16-11-8-12-17-41)58-64(6,50(79)20-51-65(58,36-93-51)97-39(3)78)59(83)57(94-38(2)77)54(37)63(66,4)5)95-62(85)56(82)55(40-14-9-7-10-15-40)68-53(81)19-13-18-52(80)67-42(30-87-47(32-89-43(22-69)23-70)33-90-44(24-71)25-72)31-88-48(34-91-45(26-73)27-74)35-92-46(28-75)29-76/h7-12,14-17,42-51,55-58,60,69-76,79,82,86H,13,18-36H2,1-6H3,(H,67,80)(H,68,81)/t49-,50-,51+,55-,56+,57+,58?,60-,64+,65-,66+/m0/s1. The summed E-state index contributed by atoms with van der Waals surface area (Å²) in [7, 11) is 0. The van der Waals surface area contributed by atoms with Gasteiger partial charge in [0.1, 0.15) is 60.5 Å². The molecule has 2 amide bonds. The Bertz CT molecular complexity index is 2830. The van der Waals surface area contributed by atoms with Crippen molar-refractivity contribution in [1.29, 1.82) is 0 Å². The van der Waals surface area contributed by atoms with Gasteiger partial charge in [0.15, 0.2) is 23.6 Å². The zero-order valence-corrected chi connectivity index (χ0v) is 55.3. The molecule has 0 radical (unpaired) electrons. The van der Waals surface area contributed by atoms with Crippen molar-refractivity contribution in [3.63, 3.8) is 0 Å². The first-order valence-electron chi connectivity index (χ1n) is 32.2. The van der Waals surface area contributed by atoms with Crippen molar-refractivity contribution in [1.82, 2.24) is 10.6 Å². The summed E-state index contributed by atoms with van der Waals surface area (Å²) in [5.41, 5.74) is -8.18. The van der Waals surface area contributed by atoms with E-state index >= 15 is 4.79 Å². The quantitative estimate of drug-likeness (QED) is 0.0184. The van der Waals surface area contributed by atoms with E-state index < -0.39 is 227 Å². The number of hydrogen-bond donors (Lipinski definition) is 13. The SMILES string of the molecule is CC(=O)O[C@H]1C(=O)[C@@]2(C)C([C@H](OC(=O)c3ccccc3)[C@]3(O)C[C@H](OC(=O)[C@H](O)[C@@H](NC(=O)CCCC(=O)NC(COC(COC(CO)CO)COC(CO)CO)COC(COC(CO)CO)COC(CO)CO)c4ccccc4)C(C)=C1C3(C)C)[C@]1(OC(C)=O)CO[C@@H]1C[C@@H]2O. The molecule has 1 aliphatic heterocycles. The molecule has 1 saturated heterocycles. The Hall–Kier alpha value is -6.05. The smallest absolute Gasteiger partial charge is 0.338 e. The summed E-state index contributed by atoms with van der Waals surface area (Å²) in [5, 5.41) is 121. The Balaban J connectivity index is 1.27. The number of carbonyl (C=O) groups is 7. The van der Waals surface area contributed by atoms with Crippen LogP contribution < -0.4 is 10.6 Å². The Morgan fingerprint density at radius 2 is 1.08 bits per heavy atom. The van der Waals surface area contributed by atoms with Crippen LogP contribution in [0.1, 0.15) is 95.6 Å². The average Bonchev–Trinajstić information content (AvgIpc) is 0.670. The Kier molecular flexibility index (Phi) is 30.4. The van der Waals surface area contributed by atoms with Crippen molar-refractivity contribution in [3.8, 4) is 0 Å². The number of ether oxygens (including phenoxy) is 11. The molecule has 2 saturated carbocycles. The van der Waals surface area contributed by atoms with Crippen molar-refractivity contribution < 1.29 is 142 Å². The maximum Gasteiger partial charge on any atom is 0.338 e. The van der Waals surface area contributed by atoms with Gasteiger partial charge in [-0.1, -0.05) is 62.4 Å². The molecule has 0 aromatic heterocycles. The fourth-order valence-electron chi connectivity index (χ4n) is 12.9. The van der Waals surface area contributed by atoms with Crippen molar-refractivity contribution in [2.75, 3.05) is 99.1 Å². The average molecular weight is 1380 g/mol. The van der Waals surface area contributed by atoms with Crippen LogP contribution in [0.15, 0.2) is 71.8 Å². The summed E-state index contributed by atoms with van der Waals surface area (Å²) in [5.74, 6) is -8.24. The molecule has 1 heterocycles. The van der Waals surface area contributed by atoms with Crippen molar-refractivity contribution in [2.45, 2.75) is 170 Å². The number of carbonyl (C=O) groups excluding carboxylic acids is 7. The van der Waals surface area contributed by atoms with Crippen LogP contribution in [-0.2, 0) is 80.9 Å². The van der Waals surface area contributed by atoms with Gasteiger partial charge in [-0.2, -0.15) is 0 Å². The summed E-state index contributed by atoms with van der Waals surface area (Å²) >= 11 is 0. The second kappa shape index (κ2) is 36.9. The largest absolute Gasteiger partial charge is 0.456 e. The van der Waals surface area contributed by atoms with E-state index in [0.717, 1.165) is 13.8 Å². The molecular formula is C66H96N2O29. The zero-order chi connectivity index (χ0) is 71.4. The molecule has 3 fully saturated rings. The monoisotopic (exact) mass is 1380 g/mol. The Morgan fingerprint density at radius 1 is 0.619 bits per heavy atom. The van der Waals surface area contributed by atoms with Gasteiger partial charge >= 0.3 is 23.9 Å². The van der Waals surface area contributed by atoms with E-state index in [9.17, 15) is 84.9 Å². The van der Waals surface area contributed by atoms with Gasteiger partial charge < -0.3 is 119 Å². The van der Waals surface area contributed by atoms with E-state index in [1.54, 1.807) is 36.4 Å². The van der Waals surface area contributed by atoms with E-state index in [1.807, 2.05) is 0 Å². The number of esters is 4. The lowest BCUT2D eigenvalue weighted by Crippen LogP contribution is -2.82. The third-order valence-electron chi connectivity index (χ3n) is 18.4. The molecule has 6 rings (SSSR count). The van der Waals surface area contributed by atoms with Crippen LogP contribution in [-0.4, -0.2) is 287 Å². The molecule has 2 bridgehead atoms. The number of hydrogen-bond acceptors (Lipinski definition) is 29. The van der Waals surface area contributed by atoms with Gasteiger partial charge in [-0.05, 0) is 49.1 Å². The lowest BCUT2D eigenvalue weighted by Gasteiger charge is -2.67. The number of amides is 2. The van der Waals surface area contributed by atoms with E-state index in [4.69, 9.17) is 52.1 Å². The molecule has 0 spiro atoms. The van der Waals surface area contributed by atoms with E-state index in [1.165, 1.54) is 52.0 Å². The van der Waals surface area contributed by atoms with E-state index in [-0.39, 0.29) is 81.2 Å². The summed E-state index contributed by atoms with van der Waals surface area (Å²) in [6.45, 7) is 1.03. The van der Waals surface area contributed by atoms with Gasteiger partial charge in [-0.25, -0.2) is 9.59 Å². The minimum atomic E-state index is -2.52. The maximum absolute atomic E-state index is 15.7. The molecule has 97 heavy (non-hydrogen) atoms. The highest BCUT2D eigenvalue weighted by molar-refractivity contribution is 5.95. The van der Waals surface area contributed by atoms with Gasteiger partial charge in [0.2, 0.25) is 11.8 Å². The fourth-order valence-corrected chi connectivity index (χ4v) is 12.9. The number of aliphatic hydroxyl groups is 11. The minimum absolute atomic E-state index is 0.00124. The van der Waals surface area contributed by atoms with Gasteiger partial charge in [0, 0.05) is 44.9 Å². The summed E-state index contributed by atoms with van der Waals surface area (Å²) in [6, 6.07) is 12.7. The van der Waals surface area contributed by atoms with E-state index in [0.29, 0.717) is 0 Å². The topological polar surface area (TPSA) is 468 Å². The van der Waals surface area contributed by atoms with Crippen LogP contribution in [0, 0.1) is 16.7 Å². The third kappa shape index (κ3) is 19.5. The zero-order valence-electron chi connectivity index (χ0n) is 55.3. The lowest BCUT2D eigenvalue weighted by molar-refractivity contribution is -0.346. The third-order valence-corrected chi connectivity index (χ3v) is 18.4. The van der Waals surface area contributed by atoms with Gasteiger partial charge in [0.25, 0.3) is 0 Å². The number of Topliss-reactive ketones (excluding diaryl/α,β-unsaturated/α-hetero) is 1. The lowest BCUT2D eigenvalue weighted by atomic mass is 9.44. The minimum Gasteiger partial charge on any atom is -0.456 e. The summed E-state index contributed by atoms with van der Waals surface area (Å²) in [6.07, 6.45) is -18.6. The highest BCUT2D eigenvalue weighted by Crippen LogP contribution is 2.64. The first-order valence-corrected chi connectivity index (χ1v) is 32.2. The van der Waals surface area contributed by atoms with Crippen LogP contribution in [0.25, 0.3) is 0 Å². The Labute approximate surface area is 561 Å². The Morgan fingerprint density at radius 3 is 1.53 bits per heavy atom. The molecule has 11 atom stereocenters. The van der Waals surface area contributed by atoms with Crippen LogP contribution in [0.3, 0.4) is 0 Å². The molecule has 2 aromatic rings. The van der Waals surface area contributed by atoms with Crippen LogP contribution in [0.4, 0.5) is 0 Å². The molecule has 544 valence electrons. The number of aliphatic hydroxyl groups excluding tert-OH is 10. The van der Waals surface area contributed by atoms with Gasteiger partial charge in [0.05, 0.1) is 134 Å². The molecule has 13 N–H and O–H groups in total. The number of ketones is 1. The second-order valence-corrected chi connectivity index (χ2v) is 25.4. The molecule has 4 aliphatic rings. The number of rotatable bonds is 40. The van der Waals surface area contributed by atoms with Crippen LogP contribution in [0.2, 0.25) is 0 Å². The predicted molar refractivity (Wildman–Crippen MR) is 333 cm³/mol. The normalized spacial score (nSPS) is 25.1. The maximum atomic E-state index is 15.7. The first-order chi connectivity index (χ1) is 46.2. The van der Waals surface area contributed by atoms with E-state index in [2.05, 4.69) is 10.6 Å². The van der Waals surface area contributed by atoms with Crippen molar-refractivity contribution >= 4 is 41.5 Å². The number of fused-ring (bicyclic) bond motifs is 5. The molecule has 1 unspecified atom stereocenters. The molecule has 2 aromatic carbocycles. The van der Waals surface area contributed by atoms with Crippen LogP contribution >= 0.6 is 0 Å². The van der Waals surface area contributed by atoms with Crippen molar-refractivity contribution in [3.05, 3.63) is 82.9 Å². The summed E-state index contributed by atoms with van der Waals surface area (Å²) in [4.78, 5) is 99.3. The molecule has 31 nitrogen and oxygen atoms in total. The highest BCUT2D eigenvalue weighted by Gasteiger charge is 2.78. The first kappa shape index (κ1) is 79.9. The van der Waals surface area contributed by atoms with Gasteiger partial charge in [-0.15, -0.1) is 0 Å². The second-order valence-electron chi connectivity index (χ2n) is 25.4. The van der Waals surface area contributed by atoms with Gasteiger partial charge in [-0.3, -0.25) is 24.0 Å². The molecule has 31 heteroatoms. The predicted octanol–water partition coefficient (Wildman–Crippen LogP) is -2.67. The van der Waals surface area contributed by atoms with Crippen molar-refractivity contribution in [2.24, 2.45) is 16.7 Å². The number of nitrogens with one attached hydrogen (secondary N) is 2. The fraction of sp³-hybridized carbons (Fsp3) is 0.682. The highest BCUT2D eigenvalue weighted by atomic mass is 16.6. The molecule has 3 aliphatic carbocycles.